The van der Waals surface area contributed by atoms with Gasteiger partial charge in [0.2, 0.25) is 0 Å². The van der Waals surface area contributed by atoms with Gasteiger partial charge >= 0.3 is 0 Å². The zero-order chi connectivity index (χ0) is 13.6. The lowest BCUT2D eigenvalue weighted by molar-refractivity contribution is 0.417. The third-order valence-electron chi connectivity index (χ3n) is 2.68. The first-order valence-electron chi connectivity index (χ1n) is 6.80. The van der Waals surface area contributed by atoms with E-state index in [1.54, 1.807) is 0 Å². The summed E-state index contributed by atoms with van der Waals surface area (Å²) in [4.78, 5) is 6.78. The Balaban J connectivity index is 2.74. The molecule has 3 heteroatoms. The van der Waals surface area contributed by atoms with Crippen LogP contribution >= 0.6 is 0 Å². The second-order valence-electron chi connectivity index (χ2n) is 6.08. The molecule has 0 atom stereocenters. The molecule has 18 heavy (non-hydrogen) atoms. The van der Waals surface area contributed by atoms with Gasteiger partial charge in [0.05, 0.1) is 0 Å². The predicted octanol–water partition coefficient (Wildman–Crippen LogP) is 3.06. The van der Waals surface area contributed by atoms with E-state index in [1.165, 1.54) is 5.56 Å². The summed E-state index contributed by atoms with van der Waals surface area (Å²) in [6.07, 6.45) is 3.03. The van der Waals surface area contributed by atoms with Crippen molar-refractivity contribution in [2.45, 2.75) is 40.7 Å². The molecule has 0 spiro atoms. The summed E-state index contributed by atoms with van der Waals surface area (Å²) in [5, 5.41) is 3.44. The molecule has 1 aromatic rings. The molecule has 0 amide bonds. The van der Waals surface area contributed by atoms with Crippen molar-refractivity contribution in [3.05, 3.63) is 23.9 Å². The third kappa shape index (κ3) is 5.05. The molecule has 0 aliphatic rings. The first-order valence-corrected chi connectivity index (χ1v) is 6.80. The largest absolute Gasteiger partial charge is 0.359 e. The number of hydrogen-bond acceptors (Lipinski definition) is 3. The minimum absolute atomic E-state index is 0.278. The Hall–Kier alpha value is -1.09. The molecule has 1 heterocycles. The minimum atomic E-state index is 0.278. The van der Waals surface area contributed by atoms with Gasteiger partial charge in [0.15, 0.2) is 0 Å². The summed E-state index contributed by atoms with van der Waals surface area (Å²) in [7, 11) is 2.12. The lowest BCUT2D eigenvalue weighted by Gasteiger charge is -2.28. The van der Waals surface area contributed by atoms with E-state index in [0.717, 1.165) is 31.9 Å². The van der Waals surface area contributed by atoms with E-state index in [1.807, 2.05) is 12.3 Å². The Morgan fingerprint density at radius 3 is 2.67 bits per heavy atom. The maximum atomic E-state index is 4.53. The zero-order valence-corrected chi connectivity index (χ0v) is 12.5. The van der Waals surface area contributed by atoms with Crippen LogP contribution in [0.2, 0.25) is 0 Å². The molecule has 0 aliphatic heterocycles. The molecule has 1 N–H and O–H groups in total. The van der Waals surface area contributed by atoms with E-state index >= 15 is 0 Å². The van der Waals surface area contributed by atoms with Gasteiger partial charge in [-0.15, -0.1) is 0 Å². The summed E-state index contributed by atoms with van der Waals surface area (Å²) in [6.45, 7) is 11.9. The Morgan fingerprint density at radius 1 is 1.33 bits per heavy atom. The zero-order valence-electron chi connectivity index (χ0n) is 12.5. The van der Waals surface area contributed by atoms with Crippen molar-refractivity contribution >= 4 is 5.82 Å². The fraction of sp³-hybridized carbons (Fsp3) is 0.667. The van der Waals surface area contributed by atoms with E-state index in [9.17, 15) is 0 Å². The lowest BCUT2D eigenvalue weighted by Crippen LogP contribution is -2.31. The van der Waals surface area contributed by atoms with Gasteiger partial charge in [-0.05, 0) is 24.4 Å². The maximum absolute atomic E-state index is 4.53. The van der Waals surface area contributed by atoms with Crippen LogP contribution in [-0.4, -0.2) is 25.1 Å². The van der Waals surface area contributed by atoms with Gasteiger partial charge in [0, 0.05) is 31.9 Å². The standard InChI is InChI=1S/C15H27N3/c1-6-9-16-11-13-8-7-10-17-14(13)18(5)12-15(2,3)4/h7-8,10,16H,6,9,11-12H2,1-5H3. The Labute approximate surface area is 112 Å². The highest BCUT2D eigenvalue weighted by molar-refractivity contribution is 5.46. The van der Waals surface area contributed by atoms with Crippen LogP contribution in [0.5, 0.6) is 0 Å². The summed E-state index contributed by atoms with van der Waals surface area (Å²) < 4.78 is 0. The second kappa shape index (κ2) is 6.74. The molecule has 3 nitrogen and oxygen atoms in total. The molecule has 0 saturated heterocycles. The summed E-state index contributed by atoms with van der Waals surface area (Å²) in [6, 6.07) is 4.17. The molecular formula is C15H27N3. The lowest BCUT2D eigenvalue weighted by atomic mass is 9.96. The van der Waals surface area contributed by atoms with Gasteiger partial charge in [0.1, 0.15) is 5.82 Å². The Kier molecular flexibility index (Phi) is 5.60. The number of pyridine rings is 1. The van der Waals surface area contributed by atoms with Gasteiger partial charge in [-0.1, -0.05) is 33.8 Å². The van der Waals surface area contributed by atoms with Crippen LogP contribution in [0.1, 0.15) is 39.7 Å². The first-order chi connectivity index (χ1) is 8.44. The number of nitrogens with zero attached hydrogens (tertiary/aromatic N) is 2. The van der Waals surface area contributed by atoms with E-state index in [2.05, 4.69) is 56.0 Å². The molecule has 0 fully saturated rings. The van der Waals surface area contributed by atoms with Crippen molar-refractivity contribution in [2.24, 2.45) is 5.41 Å². The fourth-order valence-corrected chi connectivity index (χ4v) is 2.10. The smallest absolute Gasteiger partial charge is 0.132 e. The molecule has 1 rings (SSSR count). The van der Waals surface area contributed by atoms with Crippen molar-refractivity contribution in [1.29, 1.82) is 0 Å². The third-order valence-corrected chi connectivity index (χ3v) is 2.68. The molecule has 0 aliphatic carbocycles. The van der Waals surface area contributed by atoms with Gasteiger partial charge in [-0.3, -0.25) is 0 Å². The molecule has 0 unspecified atom stereocenters. The molecule has 0 radical (unpaired) electrons. The van der Waals surface area contributed by atoms with Gasteiger partial charge in [-0.2, -0.15) is 0 Å². The highest BCUT2D eigenvalue weighted by Crippen LogP contribution is 2.21. The summed E-state index contributed by atoms with van der Waals surface area (Å²) in [5.41, 5.74) is 1.55. The topological polar surface area (TPSA) is 28.2 Å². The summed E-state index contributed by atoms with van der Waals surface area (Å²) >= 11 is 0. The van der Waals surface area contributed by atoms with Crippen LogP contribution in [0.15, 0.2) is 18.3 Å². The van der Waals surface area contributed by atoms with Crippen molar-refractivity contribution in [3.8, 4) is 0 Å². The van der Waals surface area contributed by atoms with E-state index < -0.39 is 0 Å². The maximum Gasteiger partial charge on any atom is 0.132 e. The Morgan fingerprint density at radius 2 is 2.06 bits per heavy atom. The molecule has 0 saturated carbocycles. The minimum Gasteiger partial charge on any atom is -0.359 e. The molecule has 0 bridgehead atoms. The van der Waals surface area contributed by atoms with E-state index in [4.69, 9.17) is 0 Å². The van der Waals surface area contributed by atoms with Crippen LogP contribution in [0.25, 0.3) is 0 Å². The normalized spacial score (nSPS) is 11.6. The summed E-state index contributed by atoms with van der Waals surface area (Å²) in [5.74, 6) is 1.09. The average molecular weight is 249 g/mol. The van der Waals surface area contributed by atoms with Crippen LogP contribution in [-0.2, 0) is 6.54 Å². The van der Waals surface area contributed by atoms with Gasteiger partial charge in [0.25, 0.3) is 0 Å². The molecular weight excluding hydrogens is 222 g/mol. The number of nitrogens with one attached hydrogen (secondary N) is 1. The van der Waals surface area contributed by atoms with Crippen LogP contribution < -0.4 is 10.2 Å². The van der Waals surface area contributed by atoms with Crippen LogP contribution in [0.3, 0.4) is 0 Å². The van der Waals surface area contributed by atoms with E-state index in [0.29, 0.717) is 0 Å². The average Bonchev–Trinajstić information content (AvgIpc) is 2.27. The number of anilines is 1. The predicted molar refractivity (Wildman–Crippen MR) is 79.0 cm³/mol. The van der Waals surface area contributed by atoms with Crippen molar-refractivity contribution in [1.82, 2.24) is 10.3 Å². The number of hydrogen-bond donors (Lipinski definition) is 1. The molecule has 102 valence electrons. The van der Waals surface area contributed by atoms with E-state index in [-0.39, 0.29) is 5.41 Å². The quantitative estimate of drug-likeness (QED) is 0.785. The highest BCUT2D eigenvalue weighted by Gasteiger charge is 2.16. The van der Waals surface area contributed by atoms with Crippen molar-refractivity contribution in [3.63, 3.8) is 0 Å². The van der Waals surface area contributed by atoms with Gasteiger partial charge in [-0.25, -0.2) is 4.98 Å². The molecule has 1 aromatic heterocycles. The highest BCUT2D eigenvalue weighted by atomic mass is 15.2. The van der Waals surface area contributed by atoms with Crippen molar-refractivity contribution in [2.75, 3.05) is 25.0 Å². The number of rotatable bonds is 6. The fourth-order valence-electron chi connectivity index (χ4n) is 2.10. The van der Waals surface area contributed by atoms with Crippen LogP contribution in [0, 0.1) is 5.41 Å². The monoisotopic (exact) mass is 249 g/mol. The number of aromatic nitrogens is 1. The SMILES string of the molecule is CCCNCc1cccnc1N(C)CC(C)(C)C. The molecule has 0 aromatic carbocycles. The second-order valence-corrected chi connectivity index (χ2v) is 6.08. The first kappa shape index (κ1) is 15.0. The Bertz CT molecular complexity index is 355. The van der Waals surface area contributed by atoms with Gasteiger partial charge < -0.3 is 10.2 Å². The van der Waals surface area contributed by atoms with Crippen molar-refractivity contribution < 1.29 is 0 Å². The van der Waals surface area contributed by atoms with Crippen LogP contribution in [0.4, 0.5) is 5.82 Å².